The zero-order chi connectivity index (χ0) is 12.3. The van der Waals surface area contributed by atoms with E-state index in [4.69, 9.17) is 11.6 Å². The molecule has 0 aromatic heterocycles. The Morgan fingerprint density at radius 3 is 2.65 bits per heavy atom. The van der Waals surface area contributed by atoms with Gasteiger partial charge in [-0.05, 0) is 57.0 Å². The summed E-state index contributed by atoms with van der Waals surface area (Å²) in [5, 5.41) is 6.88. The standard InChI is InChI=1S/C13H17ClN2O/c1-13(8-2-3-9-15-13)12(17)16-11-6-4-10(14)5-7-11/h4-7,15H,2-3,8-9H2,1H3,(H,16,17). The second-order valence-corrected chi connectivity index (χ2v) is 5.11. The molecule has 92 valence electrons. The van der Waals surface area contributed by atoms with E-state index in [1.807, 2.05) is 19.1 Å². The van der Waals surface area contributed by atoms with E-state index in [1.54, 1.807) is 12.1 Å². The summed E-state index contributed by atoms with van der Waals surface area (Å²) in [6.45, 7) is 2.86. The van der Waals surface area contributed by atoms with Crippen molar-refractivity contribution < 1.29 is 4.79 Å². The van der Waals surface area contributed by atoms with Crippen LogP contribution in [0.15, 0.2) is 24.3 Å². The fraction of sp³-hybridized carbons (Fsp3) is 0.462. The van der Waals surface area contributed by atoms with Gasteiger partial charge in [-0.25, -0.2) is 0 Å². The first-order chi connectivity index (χ1) is 8.10. The number of carbonyl (C=O) groups excluding carboxylic acids is 1. The van der Waals surface area contributed by atoms with Gasteiger partial charge in [0.25, 0.3) is 0 Å². The maximum absolute atomic E-state index is 12.2. The number of piperidine rings is 1. The van der Waals surface area contributed by atoms with Crippen molar-refractivity contribution in [1.29, 1.82) is 0 Å². The molecule has 1 atom stereocenters. The lowest BCUT2D eigenvalue weighted by atomic mass is 9.90. The van der Waals surface area contributed by atoms with Crippen molar-refractivity contribution in [2.24, 2.45) is 0 Å². The Morgan fingerprint density at radius 1 is 1.35 bits per heavy atom. The number of halogens is 1. The van der Waals surface area contributed by atoms with Gasteiger partial charge < -0.3 is 10.6 Å². The lowest BCUT2D eigenvalue weighted by Crippen LogP contribution is -2.54. The molecule has 2 rings (SSSR count). The molecule has 4 heteroatoms. The topological polar surface area (TPSA) is 41.1 Å². The summed E-state index contributed by atoms with van der Waals surface area (Å²) in [6.07, 6.45) is 3.12. The monoisotopic (exact) mass is 252 g/mol. The molecule has 0 spiro atoms. The Hall–Kier alpha value is -1.06. The molecule has 0 saturated carbocycles. The average molecular weight is 253 g/mol. The third-order valence-corrected chi connectivity index (χ3v) is 3.47. The molecule has 1 aromatic carbocycles. The van der Waals surface area contributed by atoms with Gasteiger partial charge in [-0.1, -0.05) is 11.6 Å². The summed E-state index contributed by atoms with van der Waals surface area (Å²) < 4.78 is 0. The van der Waals surface area contributed by atoms with Crippen LogP contribution in [0.4, 0.5) is 5.69 Å². The van der Waals surface area contributed by atoms with E-state index < -0.39 is 5.54 Å². The van der Waals surface area contributed by atoms with Gasteiger partial charge >= 0.3 is 0 Å². The van der Waals surface area contributed by atoms with Crippen LogP contribution in [0.25, 0.3) is 0 Å². The molecule has 1 aliphatic heterocycles. The number of benzene rings is 1. The third kappa shape index (κ3) is 2.99. The van der Waals surface area contributed by atoms with Crippen molar-refractivity contribution in [1.82, 2.24) is 5.32 Å². The highest BCUT2D eigenvalue weighted by Gasteiger charge is 2.34. The molecule has 1 aromatic rings. The second kappa shape index (κ2) is 5.07. The number of nitrogens with one attached hydrogen (secondary N) is 2. The van der Waals surface area contributed by atoms with Crippen LogP contribution in [0.2, 0.25) is 5.02 Å². The first-order valence-electron chi connectivity index (χ1n) is 5.92. The summed E-state index contributed by atoms with van der Waals surface area (Å²) in [7, 11) is 0. The molecule has 0 aliphatic carbocycles. The maximum atomic E-state index is 12.2. The number of anilines is 1. The molecule has 1 amide bonds. The molecule has 1 heterocycles. The van der Waals surface area contributed by atoms with Gasteiger partial charge in [0.2, 0.25) is 5.91 Å². The molecule has 1 aliphatic rings. The van der Waals surface area contributed by atoms with E-state index in [9.17, 15) is 4.79 Å². The van der Waals surface area contributed by atoms with E-state index >= 15 is 0 Å². The fourth-order valence-electron chi connectivity index (χ4n) is 2.05. The summed E-state index contributed by atoms with van der Waals surface area (Å²) in [4.78, 5) is 12.2. The van der Waals surface area contributed by atoms with Crippen molar-refractivity contribution >= 4 is 23.2 Å². The number of hydrogen-bond acceptors (Lipinski definition) is 2. The Bertz CT molecular complexity index is 396. The molecule has 0 bridgehead atoms. The summed E-state index contributed by atoms with van der Waals surface area (Å²) in [5.41, 5.74) is 0.339. The molecule has 3 nitrogen and oxygen atoms in total. The lowest BCUT2D eigenvalue weighted by molar-refractivity contribution is -0.122. The Labute approximate surface area is 107 Å². The lowest BCUT2D eigenvalue weighted by Gasteiger charge is -2.33. The summed E-state index contributed by atoms with van der Waals surface area (Å²) in [5.74, 6) is 0.0273. The van der Waals surface area contributed by atoms with Crippen LogP contribution in [0, 0.1) is 0 Å². The summed E-state index contributed by atoms with van der Waals surface area (Å²) in [6, 6.07) is 7.17. The van der Waals surface area contributed by atoms with E-state index in [0.29, 0.717) is 5.02 Å². The molecule has 1 saturated heterocycles. The minimum absolute atomic E-state index is 0.0273. The molecule has 0 radical (unpaired) electrons. The number of hydrogen-bond donors (Lipinski definition) is 2. The highest BCUT2D eigenvalue weighted by molar-refractivity contribution is 6.30. The molecule has 1 unspecified atom stereocenters. The van der Waals surface area contributed by atoms with Crippen LogP contribution in [0.3, 0.4) is 0 Å². The van der Waals surface area contributed by atoms with E-state index in [-0.39, 0.29) is 5.91 Å². The minimum atomic E-state index is -0.447. The molecular weight excluding hydrogens is 236 g/mol. The Balaban J connectivity index is 2.03. The SMILES string of the molecule is CC1(C(=O)Nc2ccc(Cl)cc2)CCCCN1. The molecule has 1 fully saturated rings. The number of amides is 1. The van der Waals surface area contributed by atoms with Crippen molar-refractivity contribution in [3.63, 3.8) is 0 Å². The van der Waals surface area contributed by atoms with Gasteiger partial charge in [0, 0.05) is 10.7 Å². The van der Waals surface area contributed by atoms with E-state index in [0.717, 1.165) is 31.5 Å². The Kier molecular flexibility index (Phi) is 3.69. The van der Waals surface area contributed by atoms with Crippen LogP contribution in [0.5, 0.6) is 0 Å². The second-order valence-electron chi connectivity index (χ2n) is 4.68. The van der Waals surface area contributed by atoms with Gasteiger partial charge in [0.15, 0.2) is 0 Å². The smallest absolute Gasteiger partial charge is 0.244 e. The zero-order valence-electron chi connectivity index (χ0n) is 9.92. The predicted molar refractivity (Wildman–Crippen MR) is 70.3 cm³/mol. The average Bonchev–Trinajstić information content (AvgIpc) is 2.33. The van der Waals surface area contributed by atoms with Crippen molar-refractivity contribution in [3.05, 3.63) is 29.3 Å². The van der Waals surface area contributed by atoms with Gasteiger partial charge in [-0.3, -0.25) is 4.79 Å². The third-order valence-electron chi connectivity index (χ3n) is 3.22. The maximum Gasteiger partial charge on any atom is 0.244 e. The van der Waals surface area contributed by atoms with Crippen LogP contribution < -0.4 is 10.6 Å². The molecule has 17 heavy (non-hydrogen) atoms. The predicted octanol–water partition coefficient (Wildman–Crippen LogP) is 2.81. The van der Waals surface area contributed by atoms with Crippen LogP contribution in [-0.2, 0) is 4.79 Å². The van der Waals surface area contributed by atoms with Crippen molar-refractivity contribution in [2.75, 3.05) is 11.9 Å². The largest absolute Gasteiger partial charge is 0.324 e. The number of rotatable bonds is 2. The highest BCUT2D eigenvalue weighted by Crippen LogP contribution is 2.21. The quantitative estimate of drug-likeness (QED) is 0.850. The van der Waals surface area contributed by atoms with Gasteiger partial charge in [-0.2, -0.15) is 0 Å². The fourth-order valence-corrected chi connectivity index (χ4v) is 2.18. The number of carbonyl (C=O) groups is 1. The zero-order valence-corrected chi connectivity index (χ0v) is 10.7. The van der Waals surface area contributed by atoms with E-state index in [2.05, 4.69) is 10.6 Å². The first-order valence-corrected chi connectivity index (χ1v) is 6.30. The molecule has 2 N–H and O–H groups in total. The van der Waals surface area contributed by atoms with Crippen molar-refractivity contribution in [2.45, 2.75) is 31.7 Å². The van der Waals surface area contributed by atoms with Gasteiger partial charge in [-0.15, -0.1) is 0 Å². The normalized spacial score (nSPS) is 24.4. The van der Waals surface area contributed by atoms with E-state index in [1.165, 1.54) is 0 Å². The summed E-state index contributed by atoms with van der Waals surface area (Å²) >= 11 is 5.80. The van der Waals surface area contributed by atoms with Crippen molar-refractivity contribution in [3.8, 4) is 0 Å². The van der Waals surface area contributed by atoms with Crippen LogP contribution in [-0.4, -0.2) is 18.0 Å². The first kappa shape index (κ1) is 12.4. The Morgan fingerprint density at radius 2 is 2.06 bits per heavy atom. The van der Waals surface area contributed by atoms with Crippen LogP contribution >= 0.6 is 11.6 Å². The minimum Gasteiger partial charge on any atom is -0.324 e. The highest BCUT2D eigenvalue weighted by atomic mass is 35.5. The van der Waals surface area contributed by atoms with Gasteiger partial charge in [0.1, 0.15) is 0 Å². The van der Waals surface area contributed by atoms with Gasteiger partial charge in [0.05, 0.1) is 5.54 Å². The van der Waals surface area contributed by atoms with Crippen LogP contribution in [0.1, 0.15) is 26.2 Å². The molecular formula is C13H17ClN2O.